The number of likely N-dealkylation sites (tertiary alicyclic amines) is 1. The van der Waals surface area contributed by atoms with Crippen LogP contribution in [0.4, 0.5) is 0 Å². The highest BCUT2D eigenvalue weighted by molar-refractivity contribution is 5.75. The minimum Gasteiger partial charge on any atom is -0.468 e. The van der Waals surface area contributed by atoms with E-state index in [9.17, 15) is 4.79 Å². The average molecular weight is 273 g/mol. The first kappa shape index (κ1) is 16.4. The van der Waals surface area contributed by atoms with E-state index in [2.05, 4.69) is 11.8 Å². The van der Waals surface area contributed by atoms with E-state index in [1.165, 1.54) is 7.11 Å². The maximum Gasteiger partial charge on any atom is 0.323 e. The first-order chi connectivity index (χ1) is 9.22. The summed E-state index contributed by atoms with van der Waals surface area (Å²) in [5.41, 5.74) is 0. The van der Waals surface area contributed by atoms with Crippen molar-refractivity contribution >= 4 is 5.97 Å². The third-order valence-corrected chi connectivity index (χ3v) is 3.67. The standard InChI is InChI=1S/C14H27NO4/c1-3-4-5-13(14(17)18-2)15-8-6-12(7-9-15)19-11-10-16/h12-13,16H,3-11H2,1-2H3. The molecule has 0 aromatic carbocycles. The van der Waals surface area contributed by atoms with E-state index in [0.717, 1.165) is 45.2 Å². The van der Waals surface area contributed by atoms with Gasteiger partial charge in [-0.1, -0.05) is 19.8 Å². The van der Waals surface area contributed by atoms with E-state index in [-0.39, 0.29) is 24.7 Å². The Labute approximate surface area is 115 Å². The highest BCUT2D eigenvalue weighted by Crippen LogP contribution is 2.19. The van der Waals surface area contributed by atoms with Crippen molar-refractivity contribution in [2.24, 2.45) is 0 Å². The second kappa shape index (κ2) is 9.28. The Morgan fingerprint density at radius 3 is 2.63 bits per heavy atom. The Balaban J connectivity index is 2.42. The van der Waals surface area contributed by atoms with Gasteiger partial charge in [0.15, 0.2) is 0 Å². The molecule has 112 valence electrons. The van der Waals surface area contributed by atoms with E-state index < -0.39 is 0 Å². The van der Waals surface area contributed by atoms with Crippen molar-refractivity contribution in [2.45, 2.75) is 51.2 Å². The number of aliphatic hydroxyl groups excluding tert-OH is 1. The monoisotopic (exact) mass is 273 g/mol. The number of carbonyl (C=O) groups excluding carboxylic acids is 1. The number of piperidine rings is 1. The first-order valence-corrected chi connectivity index (χ1v) is 7.27. The summed E-state index contributed by atoms with van der Waals surface area (Å²) in [6.45, 7) is 4.32. The molecule has 1 atom stereocenters. The fraction of sp³-hybridized carbons (Fsp3) is 0.929. The van der Waals surface area contributed by atoms with Gasteiger partial charge < -0.3 is 14.6 Å². The zero-order valence-corrected chi connectivity index (χ0v) is 12.1. The molecule has 0 aromatic rings. The molecule has 1 saturated heterocycles. The summed E-state index contributed by atoms with van der Waals surface area (Å²) in [7, 11) is 1.46. The topological polar surface area (TPSA) is 59.0 Å². The molecule has 0 amide bonds. The number of esters is 1. The maximum atomic E-state index is 11.8. The minimum absolute atomic E-state index is 0.0709. The number of nitrogens with zero attached hydrogens (tertiary/aromatic N) is 1. The molecule has 1 rings (SSSR count). The van der Waals surface area contributed by atoms with Crippen molar-refractivity contribution in [2.75, 3.05) is 33.4 Å². The third-order valence-electron chi connectivity index (χ3n) is 3.67. The van der Waals surface area contributed by atoms with Crippen LogP contribution in [0.3, 0.4) is 0 Å². The molecular weight excluding hydrogens is 246 g/mol. The van der Waals surface area contributed by atoms with Gasteiger partial charge in [-0.25, -0.2) is 0 Å². The van der Waals surface area contributed by atoms with Gasteiger partial charge in [0.1, 0.15) is 6.04 Å². The first-order valence-electron chi connectivity index (χ1n) is 7.27. The van der Waals surface area contributed by atoms with Gasteiger partial charge in [-0.3, -0.25) is 9.69 Å². The zero-order valence-electron chi connectivity index (χ0n) is 12.1. The lowest BCUT2D eigenvalue weighted by Gasteiger charge is -2.36. The Morgan fingerprint density at radius 1 is 1.42 bits per heavy atom. The molecule has 1 fully saturated rings. The Bertz CT molecular complexity index is 252. The molecule has 0 aliphatic carbocycles. The average Bonchev–Trinajstić information content (AvgIpc) is 2.46. The van der Waals surface area contributed by atoms with Crippen LogP contribution < -0.4 is 0 Å². The minimum atomic E-state index is -0.122. The molecule has 0 aromatic heterocycles. The molecule has 0 bridgehead atoms. The van der Waals surface area contributed by atoms with Crippen LogP contribution in [0, 0.1) is 0 Å². The molecule has 1 aliphatic heterocycles. The predicted molar refractivity (Wildman–Crippen MR) is 73.0 cm³/mol. The molecule has 1 N–H and O–H groups in total. The van der Waals surface area contributed by atoms with Gasteiger partial charge in [0.2, 0.25) is 0 Å². The Kier molecular flexibility index (Phi) is 8.02. The zero-order chi connectivity index (χ0) is 14.1. The Hall–Kier alpha value is -0.650. The summed E-state index contributed by atoms with van der Waals surface area (Å²) in [4.78, 5) is 14.1. The molecule has 0 spiro atoms. The Morgan fingerprint density at radius 2 is 2.11 bits per heavy atom. The number of methoxy groups -OCH3 is 1. The van der Waals surface area contributed by atoms with Crippen molar-refractivity contribution in [1.82, 2.24) is 4.90 Å². The number of rotatable bonds is 8. The van der Waals surface area contributed by atoms with Crippen LogP contribution in [-0.2, 0) is 14.3 Å². The smallest absolute Gasteiger partial charge is 0.323 e. The molecule has 1 aliphatic rings. The van der Waals surface area contributed by atoms with Crippen LogP contribution in [0.5, 0.6) is 0 Å². The summed E-state index contributed by atoms with van der Waals surface area (Å²) in [5.74, 6) is -0.122. The number of ether oxygens (including phenoxy) is 2. The van der Waals surface area contributed by atoms with Crippen LogP contribution in [0.25, 0.3) is 0 Å². The highest BCUT2D eigenvalue weighted by atomic mass is 16.5. The van der Waals surface area contributed by atoms with Gasteiger partial charge in [-0.05, 0) is 19.3 Å². The summed E-state index contributed by atoms with van der Waals surface area (Å²) < 4.78 is 10.4. The summed E-state index contributed by atoms with van der Waals surface area (Å²) in [6.07, 6.45) is 5.04. The molecule has 1 unspecified atom stereocenters. The maximum absolute atomic E-state index is 11.8. The lowest BCUT2D eigenvalue weighted by Crippen LogP contribution is -2.47. The van der Waals surface area contributed by atoms with Crippen molar-refractivity contribution in [1.29, 1.82) is 0 Å². The highest BCUT2D eigenvalue weighted by Gasteiger charge is 2.30. The van der Waals surface area contributed by atoms with E-state index in [4.69, 9.17) is 14.6 Å². The van der Waals surface area contributed by atoms with E-state index >= 15 is 0 Å². The van der Waals surface area contributed by atoms with Gasteiger partial charge in [-0.15, -0.1) is 0 Å². The van der Waals surface area contributed by atoms with Gasteiger partial charge in [0.25, 0.3) is 0 Å². The quantitative estimate of drug-likeness (QED) is 0.673. The van der Waals surface area contributed by atoms with Crippen LogP contribution in [0.15, 0.2) is 0 Å². The number of carbonyl (C=O) groups is 1. The predicted octanol–water partition coefficient (Wildman–Crippen LogP) is 1.19. The van der Waals surface area contributed by atoms with Crippen molar-refractivity contribution < 1.29 is 19.4 Å². The number of unbranched alkanes of at least 4 members (excludes halogenated alkanes) is 1. The SMILES string of the molecule is CCCCC(C(=O)OC)N1CCC(OCCO)CC1. The second-order valence-electron chi connectivity index (χ2n) is 5.01. The molecule has 0 saturated carbocycles. The van der Waals surface area contributed by atoms with Crippen molar-refractivity contribution in [3.8, 4) is 0 Å². The normalized spacial score (nSPS) is 19.3. The molecular formula is C14H27NO4. The van der Waals surface area contributed by atoms with Gasteiger partial charge >= 0.3 is 5.97 Å². The fourth-order valence-electron chi connectivity index (χ4n) is 2.56. The number of hydrogen-bond donors (Lipinski definition) is 1. The van der Waals surface area contributed by atoms with Crippen LogP contribution in [-0.4, -0.2) is 61.5 Å². The largest absolute Gasteiger partial charge is 0.468 e. The summed E-state index contributed by atoms with van der Waals surface area (Å²) >= 11 is 0. The van der Waals surface area contributed by atoms with Gasteiger partial charge in [0, 0.05) is 13.1 Å². The van der Waals surface area contributed by atoms with E-state index in [0.29, 0.717) is 6.61 Å². The summed E-state index contributed by atoms with van der Waals surface area (Å²) in [6, 6.07) is -0.108. The molecule has 1 heterocycles. The fourth-order valence-corrected chi connectivity index (χ4v) is 2.56. The summed E-state index contributed by atoms with van der Waals surface area (Å²) in [5, 5.41) is 8.74. The van der Waals surface area contributed by atoms with Gasteiger partial charge in [-0.2, -0.15) is 0 Å². The van der Waals surface area contributed by atoms with Crippen molar-refractivity contribution in [3.05, 3.63) is 0 Å². The lowest BCUT2D eigenvalue weighted by atomic mass is 10.0. The van der Waals surface area contributed by atoms with Crippen LogP contribution in [0.1, 0.15) is 39.0 Å². The molecule has 5 heteroatoms. The van der Waals surface area contributed by atoms with Crippen LogP contribution >= 0.6 is 0 Å². The number of hydrogen-bond acceptors (Lipinski definition) is 5. The van der Waals surface area contributed by atoms with E-state index in [1.54, 1.807) is 0 Å². The molecule has 19 heavy (non-hydrogen) atoms. The second-order valence-corrected chi connectivity index (χ2v) is 5.01. The van der Waals surface area contributed by atoms with E-state index in [1.807, 2.05) is 0 Å². The number of aliphatic hydroxyl groups is 1. The van der Waals surface area contributed by atoms with Crippen LogP contribution in [0.2, 0.25) is 0 Å². The third kappa shape index (κ3) is 5.47. The molecule has 0 radical (unpaired) electrons. The molecule has 5 nitrogen and oxygen atoms in total. The van der Waals surface area contributed by atoms with Crippen molar-refractivity contribution in [3.63, 3.8) is 0 Å². The van der Waals surface area contributed by atoms with Gasteiger partial charge in [0.05, 0.1) is 26.4 Å². The lowest BCUT2D eigenvalue weighted by molar-refractivity contribution is -0.148.